The molecule has 0 atom stereocenters. The zero-order valence-corrected chi connectivity index (χ0v) is 12.4. The lowest BCUT2D eigenvalue weighted by molar-refractivity contribution is -0.131. The van der Waals surface area contributed by atoms with Gasteiger partial charge >= 0.3 is 5.97 Å². The van der Waals surface area contributed by atoms with Crippen LogP contribution < -0.4 is 0 Å². The second-order valence-electron chi connectivity index (χ2n) is 6.09. The van der Waals surface area contributed by atoms with Gasteiger partial charge in [-0.05, 0) is 30.4 Å². The van der Waals surface area contributed by atoms with Crippen molar-refractivity contribution in [2.75, 3.05) is 13.1 Å². The van der Waals surface area contributed by atoms with Gasteiger partial charge in [-0.25, -0.2) is 4.79 Å². The maximum Gasteiger partial charge on any atom is 0.328 e. The highest BCUT2D eigenvalue weighted by atomic mass is 16.4. The Morgan fingerprint density at radius 1 is 1.33 bits per heavy atom. The Morgan fingerprint density at radius 2 is 2.00 bits per heavy atom. The molecular weight excluding hydrogens is 268 g/mol. The predicted molar refractivity (Wildman–Crippen MR) is 79.8 cm³/mol. The highest BCUT2D eigenvalue weighted by Crippen LogP contribution is 2.30. The monoisotopic (exact) mass is 288 g/mol. The van der Waals surface area contributed by atoms with Crippen LogP contribution in [0.25, 0.3) is 6.08 Å². The van der Waals surface area contributed by atoms with E-state index in [1.807, 2.05) is 4.90 Å². The van der Waals surface area contributed by atoms with Gasteiger partial charge in [0.05, 0.1) is 0 Å². The minimum absolute atomic E-state index is 0.0575. The number of aromatic nitrogens is 1. The van der Waals surface area contributed by atoms with Crippen LogP contribution in [0.4, 0.5) is 0 Å². The molecule has 1 aliphatic heterocycles. The maximum atomic E-state index is 12.6. The number of pyridine rings is 1. The number of carboxylic acids is 1. The SMILES string of the molecule is CC1(C)CCN(C(=O)c2ccncc2C=CC(=O)O)CC1. The molecule has 1 fully saturated rings. The number of nitrogens with zero attached hydrogens (tertiary/aromatic N) is 2. The number of carboxylic acid groups (broad SMARTS) is 1. The van der Waals surface area contributed by atoms with E-state index in [1.54, 1.807) is 12.3 Å². The summed E-state index contributed by atoms with van der Waals surface area (Å²) in [5.74, 6) is -1.10. The Kier molecular flexibility index (Phi) is 4.40. The van der Waals surface area contributed by atoms with Crippen LogP contribution in [0.5, 0.6) is 0 Å². The summed E-state index contributed by atoms with van der Waals surface area (Å²) in [5, 5.41) is 8.71. The molecule has 5 nitrogen and oxygen atoms in total. The Labute approximate surface area is 124 Å². The fraction of sp³-hybridized carbons (Fsp3) is 0.438. The lowest BCUT2D eigenvalue weighted by Gasteiger charge is -2.37. The summed E-state index contributed by atoms with van der Waals surface area (Å²) in [6.45, 7) is 5.89. The van der Waals surface area contributed by atoms with Crippen molar-refractivity contribution in [3.63, 3.8) is 0 Å². The normalized spacial score (nSPS) is 17.9. The van der Waals surface area contributed by atoms with Crippen LogP contribution in [0.15, 0.2) is 24.5 Å². The van der Waals surface area contributed by atoms with Crippen LogP contribution in [0.1, 0.15) is 42.6 Å². The third-order valence-corrected chi connectivity index (χ3v) is 3.89. The first-order valence-electron chi connectivity index (χ1n) is 7.03. The largest absolute Gasteiger partial charge is 0.478 e. The number of hydrogen-bond donors (Lipinski definition) is 1. The number of likely N-dealkylation sites (tertiary alicyclic amines) is 1. The summed E-state index contributed by atoms with van der Waals surface area (Å²) in [6, 6.07) is 1.64. The van der Waals surface area contributed by atoms with Gasteiger partial charge < -0.3 is 10.0 Å². The second-order valence-corrected chi connectivity index (χ2v) is 6.09. The first-order chi connectivity index (χ1) is 9.89. The van der Waals surface area contributed by atoms with Crippen LogP contribution in [0.3, 0.4) is 0 Å². The summed E-state index contributed by atoms with van der Waals surface area (Å²) in [4.78, 5) is 29.0. The van der Waals surface area contributed by atoms with Crippen molar-refractivity contribution in [1.29, 1.82) is 0 Å². The van der Waals surface area contributed by atoms with Crippen molar-refractivity contribution in [3.8, 4) is 0 Å². The molecule has 21 heavy (non-hydrogen) atoms. The molecule has 1 amide bonds. The molecule has 1 saturated heterocycles. The van der Waals surface area contributed by atoms with Gasteiger partial charge in [-0.3, -0.25) is 9.78 Å². The molecule has 0 saturated carbocycles. The molecule has 1 aromatic rings. The number of piperidine rings is 1. The molecule has 0 unspecified atom stereocenters. The quantitative estimate of drug-likeness (QED) is 0.867. The molecule has 5 heteroatoms. The fourth-order valence-corrected chi connectivity index (χ4v) is 2.38. The van der Waals surface area contributed by atoms with E-state index in [0.29, 0.717) is 11.1 Å². The van der Waals surface area contributed by atoms with Crippen LogP contribution >= 0.6 is 0 Å². The Morgan fingerprint density at radius 3 is 2.62 bits per heavy atom. The van der Waals surface area contributed by atoms with Gasteiger partial charge in [0.15, 0.2) is 0 Å². The van der Waals surface area contributed by atoms with E-state index in [-0.39, 0.29) is 11.3 Å². The highest BCUT2D eigenvalue weighted by molar-refractivity contribution is 5.98. The summed E-state index contributed by atoms with van der Waals surface area (Å²) in [5.41, 5.74) is 1.32. The van der Waals surface area contributed by atoms with Gasteiger partial charge in [-0.2, -0.15) is 0 Å². The number of carbonyl (C=O) groups excluding carboxylic acids is 1. The maximum absolute atomic E-state index is 12.6. The Bertz CT molecular complexity index is 569. The number of rotatable bonds is 3. The van der Waals surface area contributed by atoms with Crippen LogP contribution in [-0.4, -0.2) is 40.0 Å². The minimum atomic E-state index is -1.04. The molecule has 1 N–H and O–H groups in total. The average molecular weight is 288 g/mol. The molecule has 0 radical (unpaired) electrons. The average Bonchev–Trinajstić information content (AvgIpc) is 2.44. The van der Waals surface area contributed by atoms with Crippen molar-refractivity contribution in [2.45, 2.75) is 26.7 Å². The smallest absolute Gasteiger partial charge is 0.328 e. The van der Waals surface area contributed by atoms with Crippen molar-refractivity contribution >= 4 is 18.0 Å². The van der Waals surface area contributed by atoms with Crippen molar-refractivity contribution in [3.05, 3.63) is 35.7 Å². The number of hydrogen-bond acceptors (Lipinski definition) is 3. The summed E-state index contributed by atoms with van der Waals surface area (Å²) < 4.78 is 0. The molecule has 0 bridgehead atoms. The molecule has 0 aromatic carbocycles. The third kappa shape index (κ3) is 3.90. The van der Waals surface area contributed by atoms with Gasteiger partial charge in [-0.15, -0.1) is 0 Å². The van der Waals surface area contributed by atoms with E-state index in [2.05, 4.69) is 18.8 Å². The lowest BCUT2D eigenvalue weighted by atomic mass is 9.82. The van der Waals surface area contributed by atoms with Crippen LogP contribution in [0, 0.1) is 5.41 Å². The fourth-order valence-electron chi connectivity index (χ4n) is 2.38. The van der Waals surface area contributed by atoms with Crippen molar-refractivity contribution < 1.29 is 14.7 Å². The van der Waals surface area contributed by atoms with E-state index in [4.69, 9.17) is 5.11 Å². The lowest BCUT2D eigenvalue weighted by Crippen LogP contribution is -2.41. The van der Waals surface area contributed by atoms with E-state index in [0.717, 1.165) is 32.0 Å². The minimum Gasteiger partial charge on any atom is -0.478 e. The Hall–Kier alpha value is -2.17. The highest BCUT2D eigenvalue weighted by Gasteiger charge is 2.28. The predicted octanol–water partition coefficient (Wildman–Crippen LogP) is 2.44. The zero-order chi connectivity index (χ0) is 15.5. The third-order valence-electron chi connectivity index (χ3n) is 3.89. The first-order valence-corrected chi connectivity index (χ1v) is 7.03. The van der Waals surface area contributed by atoms with E-state index in [9.17, 15) is 9.59 Å². The van der Waals surface area contributed by atoms with Gasteiger partial charge in [-0.1, -0.05) is 13.8 Å². The van der Waals surface area contributed by atoms with Gasteiger partial charge in [0.2, 0.25) is 0 Å². The summed E-state index contributed by atoms with van der Waals surface area (Å²) in [6.07, 6.45) is 7.46. The van der Waals surface area contributed by atoms with Gasteiger partial charge in [0.25, 0.3) is 5.91 Å². The van der Waals surface area contributed by atoms with Gasteiger partial charge in [0, 0.05) is 42.7 Å². The first kappa shape index (κ1) is 15.2. The summed E-state index contributed by atoms with van der Waals surface area (Å²) in [7, 11) is 0. The van der Waals surface area contributed by atoms with Crippen molar-refractivity contribution in [1.82, 2.24) is 9.88 Å². The van der Waals surface area contributed by atoms with E-state index < -0.39 is 5.97 Å². The molecule has 1 aromatic heterocycles. The van der Waals surface area contributed by atoms with Crippen molar-refractivity contribution in [2.24, 2.45) is 5.41 Å². The molecule has 1 aliphatic rings. The molecule has 0 spiro atoms. The van der Waals surface area contributed by atoms with Gasteiger partial charge in [0.1, 0.15) is 0 Å². The summed E-state index contributed by atoms with van der Waals surface area (Å²) >= 11 is 0. The van der Waals surface area contributed by atoms with Crippen LogP contribution in [-0.2, 0) is 4.79 Å². The van der Waals surface area contributed by atoms with Crippen LogP contribution in [0.2, 0.25) is 0 Å². The zero-order valence-electron chi connectivity index (χ0n) is 12.4. The molecule has 0 aliphatic carbocycles. The standard InChI is InChI=1S/C16H20N2O3/c1-16(2)6-9-18(10-7-16)15(21)13-5-8-17-11-12(13)3-4-14(19)20/h3-5,8,11H,6-7,9-10H2,1-2H3,(H,19,20). The number of aliphatic carboxylic acids is 1. The molecule has 2 heterocycles. The van der Waals surface area contributed by atoms with E-state index >= 15 is 0 Å². The molecular formula is C16H20N2O3. The Balaban J connectivity index is 2.18. The molecule has 112 valence electrons. The number of amides is 1. The topological polar surface area (TPSA) is 70.5 Å². The number of carbonyl (C=O) groups is 2. The van der Waals surface area contributed by atoms with E-state index in [1.165, 1.54) is 12.3 Å². The second kappa shape index (κ2) is 6.08. The molecule has 2 rings (SSSR count).